The number of halogens is 1. The number of sulfonamides is 1. The lowest BCUT2D eigenvalue weighted by molar-refractivity contribution is -0.127. The van der Waals surface area contributed by atoms with E-state index in [9.17, 15) is 13.2 Å². The zero-order valence-corrected chi connectivity index (χ0v) is 24.2. The van der Waals surface area contributed by atoms with Crippen molar-refractivity contribution in [1.29, 1.82) is 0 Å². The molecule has 2 atom stereocenters. The highest BCUT2D eigenvalue weighted by atomic mass is 35.5. The van der Waals surface area contributed by atoms with Gasteiger partial charge in [0.25, 0.3) is 5.91 Å². The predicted octanol–water partition coefficient (Wildman–Crippen LogP) is 3.65. The van der Waals surface area contributed by atoms with Crippen LogP contribution in [-0.2, 0) is 38.1 Å². The molecule has 212 valence electrons. The summed E-state index contributed by atoms with van der Waals surface area (Å²) in [5.41, 5.74) is 6.04. The molecule has 2 aliphatic rings. The zero-order chi connectivity index (χ0) is 28.2. The largest absolute Gasteiger partial charge is 0.375 e. The van der Waals surface area contributed by atoms with E-state index >= 15 is 0 Å². The number of carbonyl (C=O) groups is 1. The first-order valence-electron chi connectivity index (χ1n) is 13.5. The number of benzene rings is 3. The molecule has 2 unspecified atom stereocenters. The van der Waals surface area contributed by atoms with Crippen molar-refractivity contribution in [2.75, 3.05) is 32.5 Å². The Kier molecular flexibility index (Phi) is 8.61. The van der Waals surface area contributed by atoms with Crippen molar-refractivity contribution in [2.45, 2.75) is 37.5 Å². The quantitative estimate of drug-likeness (QED) is 0.315. The molecular weight excluding hydrogens is 548 g/mol. The average molecular weight is 584 g/mol. The standard InChI is InChI=1S/C30H35ClN4O4S/c1-40(37,38)35(22-30(15-17-32-18-16-30)25-12-6-8-14-28(25)35)34-29(36)27(21-39-20-23-9-3-2-4-10-23)33-19-24-11-5-7-13-26(24)31/h2-14,27,32-33H,15-22H2,1H3/p+1. The number of amides is 1. The molecule has 1 spiro atoms. The van der Waals surface area contributed by atoms with Crippen molar-refractivity contribution in [3.05, 3.63) is 101 Å². The first-order chi connectivity index (χ1) is 19.2. The lowest BCUT2D eigenvalue weighted by Gasteiger charge is -2.36. The summed E-state index contributed by atoms with van der Waals surface area (Å²) >= 11 is 6.37. The molecule has 5 rings (SSSR count). The van der Waals surface area contributed by atoms with E-state index in [1.54, 1.807) is 6.07 Å². The van der Waals surface area contributed by atoms with Gasteiger partial charge < -0.3 is 10.1 Å². The van der Waals surface area contributed by atoms with Crippen molar-refractivity contribution in [3.8, 4) is 0 Å². The average Bonchev–Trinajstić information content (AvgIpc) is 3.22. The number of fused-ring (bicyclic) bond motifs is 2. The molecule has 8 nitrogen and oxygen atoms in total. The number of para-hydroxylation sites is 1. The molecular formula is C30H36ClN4O4S+. The van der Waals surface area contributed by atoms with Crippen LogP contribution in [0, 0.1) is 0 Å². The highest BCUT2D eigenvalue weighted by Gasteiger charge is 2.60. The second kappa shape index (κ2) is 12.0. The highest BCUT2D eigenvalue weighted by Crippen LogP contribution is 2.50. The number of carbonyl (C=O) groups excluding carboxylic acids is 1. The van der Waals surface area contributed by atoms with Crippen molar-refractivity contribution < 1.29 is 17.9 Å². The Balaban J connectivity index is 1.43. The summed E-state index contributed by atoms with van der Waals surface area (Å²) in [5, 5.41) is 7.23. The molecule has 1 fully saturated rings. The molecule has 0 aromatic heterocycles. The van der Waals surface area contributed by atoms with Crippen LogP contribution in [0.2, 0.25) is 5.02 Å². The first kappa shape index (κ1) is 28.7. The van der Waals surface area contributed by atoms with Crippen LogP contribution in [0.25, 0.3) is 0 Å². The third-order valence-corrected chi connectivity index (χ3v) is 9.93. The Hall–Kier alpha value is -2.79. The van der Waals surface area contributed by atoms with Crippen LogP contribution in [0.1, 0.15) is 29.5 Å². The molecule has 0 saturated carbocycles. The van der Waals surface area contributed by atoms with Crippen LogP contribution in [-0.4, -0.2) is 52.9 Å². The van der Waals surface area contributed by atoms with E-state index in [4.69, 9.17) is 16.3 Å². The topological polar surface area (TPSA) is 96.5 Å². The Bertz CT molecular complexity index is 1450. The SMILES string of the molecule is CS(=O)(=O)[N+]1(NC(=O)C(COCc2ccccc2)NCc2ccccc2Cl)CC2(CCNCC2)c2ccccc21. The fraction of sp³-hybridized carbons (Fsp3) is 0.367. The van der Waals surface area contributed by atoms with Gasteiger partial charge in [0.05, 0.1) is 24.9 Å². The molecule has 0 aliphatic carbocycles. The fourth-order valence-corrected chi connectivity index (χ4v) is 7.33. The first-order valence-corrected chi connectivity index (χ1v) is 15.8. The van der Waals surface area contributed by atoms with Gasteiger partial charge in [-0.05, 0) is 43.1 Å². The van der Waals surface area contributed by atoms with Crippen LogP contribution >= 0.6 is 11.6 Å². The van der Waals surface area contributed by atoms with Gasteiger partial charge in [0, 0.05) is 23.2 Å². The molecule has 40 heavy (non-hydrogen) atoms. The summed E-state index contributed by atoms with van der Waals surface area (Å²) in [6, 6.07) is 23.9. The molecule has 1 saturated heterocycles. The Labute approximate surface area is 241 Å². The van der Waals surface area contributed by atoms with Crippen molar-refractivity contribution in [2.24, 2.45) is 0 Å². The number of nitrogens with zero attached hydrogens (tertiary/aromatic N) is 1. The van der Waals surface area contributed by atoms with Gasteiger partial charge in [0.1, 0.15) is 12.6 Å². The van der Waals surface area contributed by atoms with E-state index in [2.05, 4.69) is 16.1 Å². The van der Waals surface area contributed by atoms with Gasteiger partial charge >= 0.3 is 10.0 Å². The predicted molar refractivity (Wildman–Crippen MR) is 158 cm³/mol. The van der Waals surface area contributed by atoms with Crippen LogP contribution in [0.3, 0.4) is 0 Å². The Morgan fingerprint density at radius 2 is 1.70 bits per heavy atom. The molecule has 3 N–H and O–H groups in total. The second-order valence-corrected chi connectivity index (χ2v) is 13.2. The lowest BCUT2D eigenvalue weighted by atomic mass is 9.75. The fourth-order valence-electron chi connectivity index (χ4n) is 5.87. The molecule has 0 radical (unpaired) electrons. The summed E-state index contributed by atoms with van der Waals surface area (Å²) in [6.07, 6.45) is 2.79. The number of nitrogens with one attached hydrogen (secondary N) is 3. The Morgan fingerprint density at radius 3 is 2.42 bits per heavy atom. The van der Waals surface area contributed by atoms with E-state index in [1.165, 1.54) is 6.26 Å². The molecule has 2 heterocycles. The van der Waals surface area contributed by atoms with Crippen LogP contribution in [0.15, 0.2) is 78.9 Å². The van der Waals surface area contributed by atoms with Gasteiger partial charge in [-0.3, -0.25) is 10.1 Å². The van der Waals surface area contributed by atoms with Crippen molar-refractivity contribution >= 4 is 33.2 Å². The van der Waals surface area contributed by atoms with Crippen LogP contribution in [0.4, 0.5) is 5.69 Å². The molecule has 3 aromatic carbocycles. The number of quaternary nitrogens is 1. The second-order valence-electron chi connectivity index (χ2n) is 10.7. The summed E-state index contributed by atoms with van der Waals surface area (Å²) in [4.78, 5) is 14.0. The maximum Gasteiger partial charge on any atom is 0.321 e. The van der Waals surface area contributed by atoms with Crippen LogP contribution < -0.4 is 20.1 Å². The minimum Gasteiger partial charge on any atom is -0.375 e. The molecule has 10 heteroatoms. The normalized spacial score (nSPS) is 20.6. The van der Waals surface area contributed by atoms with Gasteiger partial charge in [0.2, 0.25) is 0 Å². The van der Waals surface area contributed by atoms with Gasteiger partial charge in [0.15, 0.2) is 5.69 Å². The van der Waals surface area contributed by atoms with E-state index < -0.39 is 26.0 Å². The van der Waals surface area contributed by atoms with Crippen molar-refractivity contribution in [3.63, 3.8) is 0 Å². The van der Waals surface area contributed by atoms with Gasteiger partial charge in [-0.15, -0.1) is 0 Å². The number of piperidine rings is 1. The van der Waals surface area contributed by atoms with E-state index in [0.717, 1.165) is 42.6 Å². The highest BCUT2D eigenvalue weighted by molar-refractivity contribution is 7.90. The summed E-state index contributed by atoms with van der Waals surface area (Å²) in [6.45, 7) is 2.52. The van der Waals surface area contributed by atoms with Gasteiger partial charge in [-0.2, -0.15) is 13.8 Å². The molecule has 3 aromatic rings. The maximum atomic E-state index is 14.0. The lowest BCUT2D eigenvalue weighted by Crippen LogP contribution is -2.68. The molecule has 1 amide bonds. The summed E-state index contributed by atoms with van der Waals surface area (Å²) in [5.74, 6) is -0.452. The summed E-state index contributed by atoms with van der Waals surface area (Å²) in [7, 11) is -3.82. The molecule has 0 bridgehead atoms. The number of hydrogen-bond donors (Lipinski definition) is 3. The maximum absolute atomic E-state index is 14.0. The van der Waals surface area contributed by atoms with Crippen LogP contribution in [0.5, 0.6) is 0 Å². The third kappa shape index (κ3) is 5.81. The van der Waals surface area contributed by atoms with Gasteiger partial charge in [-0.1, -0.05) is 82.3 Å². The number of rotatable bonds is 10. The smallest absolute Gasteiger partial charge is 0.321 e. The Morgan fingerprint density at radius 1 is 1.02 bits per heavy atom. The van der Waals surface area contributed by atoms with E-state index in [-0.39, 0.29) is 18.6 Å². The summed E-state index contributed by atoms with van der Waals surface area (Å²) < 4.78 is 32.5. The third-order valence-electron chi connectivity index (χ3n) is 8.02. The number of ether oxygens (including phenoxy) is 1. The minimum atomic E-state index is -3.82. The molecule has 2 aliphatic heterocycles. The zero-order valence-electron chi connectivity index (χ0n) is 22.6. The van der Waals surface area contributed by atoms with Crippen molar-refractivity contribution in [1.82, 2.24) is 20.1 Å². The van der Waals surface area contributed by atoms with Gasteiger partial charge in [-0.25, -0.2) is 0 Å². The monoisotopic (exact) mass is 583 g/mol. The minimum absolute atomic E-state index is 0.0473. The van der Waals surface area contributed by atoms with E-state index in [0.29, 0.717) is 23.9 Å². The number of hydrogen-bond acceptors (Lipinski definition) is 6. The van der Waals surface area contributed by atoms with E-state index in [1.807, 2.05) is 72.8 Å².